The SMILES string of the molecule is CC/C=C\C/C=C\C/C=C\C/C=C\C/C=C\C/C=C\CCCCCCCCCCC(=O)OCC(COC(=O)CCCCCCC/C=C\CCCCC)OC(=O)CCCCCCCCCCCCC/C=C\CCCCCCCCCC. The Bertz CT molecular complexity index is 1560. The summed E-state index contributed by atoms with van der Waals surface area (Å²) >= 11 is 0. The Morgan fingerprint density at radius 1 is 0.263 bits per heavy atom. The maximum atomic E-state index is 12.9. The zero-order valence-electron chi connectivity index (χ0n) is 52.8. The summed E-state index contributed by atoms with van der Waals surface area (Å²) in [5.74, 6) is -0.888. The Labute approximate surface area is 496 Å². The van der Waals surface area contributed by atoms with Gasteiger partial charge in [0.05, 0.1) is 0 Å². The molecule has 0 aliphatic heterocycles. The summed E-state index contributed by atoms with van der Waals surface area (Å²) in [6, 6.07) is 0. The molecule has 460 valence electrons. The van der Waals surface area contributed by atoms with Gasteiger partial charge in [0, 0.05) is 19.3 Å². The van der Waals surface area contributed by atoms with E-state index >= 15 is 0 Å². The van der Waals surface area contributed by atoms with E-state index in [1.54, 1.807) is 0 Å². The average molecular weight is 1110 g/mol. The summed E-state index contributed by atoms with van der Waals surface area (Å²) in [4.78, 5) is 38.4. The highest BCUT2D eigenvalue weighted by Gasteiger charge is 2.19. The second-order valence-corrected chi connectivity index (χ2v) is 22.7. The number of carbonyl (C=O) groups excluding carboxylic acids is 3. The molecule has 0 N–H and O–H groups in total. The van der Waals surface area contributed by atoms with E-state index in [4.69, 9.17) is 14.2 Å². The summed E-state index contributed by atoms with van der Waals surface area (Å²) in [7, 11) is 0. The summed E-state index contributed by atoms with van der Waals surface area (Å²) in [5.41, 5.74) is 0. The lowest BCUT2D eigenvalue weighted by Gasteiger charge is -2.18. The highest BCUT2D eigenvalue weighted by Crippen LogP contribution is 2.17. The molecule has 0 aliphatic rings. The topological polar surface area (TPSA) is 78.9 Å². The van der Waals surface area contributed by atoms with E-state index < -0.39 is 6.10 Å². The molecule has 80 heavy (non-hydrogen) atoms. The number of rotatable bonds is 62. The Hall–Kier alpha value is -3.67. The van der Waals surface area contributed by atoms with Crippen molar-refractivity contribution in [3.8, 4) is 0 Å². The van der Waals surface area contributed by atoms with Crippen molar-refractivity contribution < 1.29 is 28.6 Å². The number of carbonyl (C=O) groups is 3. The number of hydrogen-bond acceptors (Lipinski definition) is 6. The first-order chi connectivity index (χ1) is 39.5. The fraction of sp³-hybridized carbons (Fsp3) is 0.743. The Balaban J connectivity index is 4.30. The molecule has 6 heteroatoms. The lowest BCUT2D eigenvalue weighted by atomic mass is 10.0. The fourth-order valence-corrected chi connectivity index (χ4v) is 9.67. The molecule has 0 rings (SSSR count). The van der Waals surface area contributed by atoms with Crippen LogP contribution in [0.4, 0.5) is 0 Å². The quantitative estimate of drug-likeness (QED) is 0.0261. The van der Waals surface area contributed by atoms with Gasteiger partial charge in [0.15, 0.2) is 6.10 Å². The number of hydrogen-bond donors (Lipinski definition) is 0. The third-order valence-electron chi connectivity index (χ3n) is 14.8. The Morgan fingerprint density at radius 2 is 0.487 bits per heavy atom. The van der Waals surface area contributed by atoms with Gasteiger partial charge in [-0.15, -0.1) is 0 Å². The van der Waals surface area contributed by atoms with Crippen molar-refractivity contribution in [1.82, 2.24) is 0 Å². The Kier molecular flexibility index (Phi) is 64.7. The first-order valence-corrected chi connectivity index (χ1v) is 34.2. The first kappa shape index (κ1) is 76.3. The monoisotopic (exact) mass is 1110 g/mol. The molecule has 0 fully saturated rings. The van der Waals surface area contributed by atoms with Gasteiger partial charge in [0.1, 0.15) is 13.2 Å². The summed E-state index contributed by atoms with van der Waals surface area (Å²) in [6.45, 7) is 6.52. The fourth-order valence-electron chi connectivity index (χ4n) is 9.67. The van der Waals surface area contributed by atoms with Crippen LogP contribution in [0.15, 0.2) is 97.2 Å². The van der Waals surface area contributed by atoms with Crippen LogP contribution in [0.2, 0.25) is 0 Å². The van der Waals surface area contributed by atoms with Crippen molar-refractivity contribution in [3.05, 3.63) is 97.2 Å². The third-order valence-corrected chi connectivity index (χ3v) is 14.8. The molecule has 0 aromatic heterocycles. The van der Waals surface area contributed by atoms with Crippen LogP contribution in [0.1, 0.15) is 335 Å². The second-order valence-electron chi connectivity index (χ2n) is 22.7. The van der Waals surface area contributed by atoms with Gasteiger partial charge in [-0.3, -0.25) is 14.4 Å². The van der Waals surface area contributed by atoms with E-state index in [2.05, 4.69) is 118 Å². The van der Waals surface area contributed by atoms with Crippen LogP contribution in [-0.4, -0.2) is 37.2 Å². The highest BCUT2D eigenvalue weighted by molar-refractivity contribution is 5.71. The molecule has 0 heterocycles. The van der Waals surface area contributed by atoms with E-state index in [1.165, 1.54) is 186 Å². The van der Waals surface area contributed by atoms with Crippen molar-refractivity contribution in [3.63, 3.8) is 0 Å². The van der Waals surface area contributed by atoms with E-state index in [0.717, 1.165) is 109 Å². The summed E-state index contributed by atoms with van der Waals surface area (Å²) < 4.78 is 16.9. The molecule has 0 bridgehead atoms. The van der Waals surface area contributed by atoms with Crippen LogP contribution >= 0.6 is 0 Å². The van der Waals surface area contributed by atoms with Crippen molar-refractivity contribution in [1.29, 1.82) is 0 Å². The normalized spacial score (nSPS) is 12.7. The molecule has 0 aliphatic carbocycles. The van der Waals surface area contributed by atoms with Gasteiger partial charge in [-0.2, -0.15) is 0 Å². The lowest BCUT2D eigenvalue weighted by Crippen LogP contribution is -2.30. The molecule has 0 amide bonds. The zero-order chi connectivity index (χ0) is 57.8. The maximum absolute atomic E-state index is 12.9. The number of unbranched alkanes of at least 4 members (excludes halogenated alkanes) is 35. The van der Waals surface area contributed by atoms with Gasteiger partial charge in [-0.1, -0.05) is 291 Å². The molecule has 0 saturated heterocycles. The average Bonchev–Trinajstić information content (AvgIpc) is 3.46. The van der Waals surface area contributed by atoms with Crippen LogP contribution < -0.4 is 0 Å². The van der Waals surface area contributed by atoms with Crippen LogP contribution in [-0.2, 0) is 28.6 Å². The number of allylic oxidation sites excluding steroid dienone is 16. The molecule has 1 unspecified atom stereocenters. The van der Waals surface area contributed by atoms with Crippen molar-refractivity contribution in [2.45, 2.75) is 341 Å². The van der Waals surface area contributed by atoms with Gasteiger partial charge in [-0.05, 0) is 122 Å². The molecule has 0 saturated carbocycles. The minimum atomic E-state index is -0.786. The molecule has 0 spiro atoms. The van der Waals surface area contributed by atoms with E-state index in [-0.39, 0.29) is 31.1 Å². The van der Waals surface area contributed by atoms with Crippen LogP contribution in [0.5, 0.6) is 0 Å². The molecular weight excluding hydrogens is 985 g/mol. The number of esters is 3. The standard InChI is InChI=1S/C74H128O6/c1-4-7-10-13-16-19-22-25-27-29-31-33-35-36-37-38-40-41-43-45-47-49-52-55-58-61-64-67-73(76)79-70-71(69-78-72(75)66-63-60-57-54-51-24-21-18-15-12-9-6-3)80-74(77)68-65-62-59-56-53-50-48-46-44-42-39-34-32-30-28-26-23-20-17-14-11-8-5-2/h7,10,16,18-19,21,25,27,30-33,36-37,40-41,71H,4-6,8-9,11-15,17,20,22-24,26,28-29,34-35,38-39,42-70H2,1-3H3/b10-7-,19-16-,21-18-,27-25-,32-30-,33-31-,37-36-,41-40-. The van der Waals surface area contributed by atoms with E-state index in [9.17, 15) is 14.4 Å². The van der Waals surface area contributed by atoms with Gasteiger partial charge in [0.25, 0.3) is 0 Å². The van der Waals surface area contributed by atoms with Crippen molar-refractivity contribution >= 4 is 17.9 Å². The minimum Gasteiger partial charge on any atom is -0.462 e. The van der Waals surface area contributed by atoms with Crippen molar-refractivity contribution in [2.75, 3.05) is 13.2 Å². The molecule has 0 aromatic carbocycles. The highest BCUT2D eigenvalue weighted by atomic mass is 16.6. The minimum absolute atomic E-state index is 0.0831. The van der Waals surface area contributed by atoms with E-state index in [0.29, 0.717) is 19.3 Å². The number of ether oxygens (including phenoxy) is 3. The predicted molar refractivity (Wildman–Crippen MR) is 348 cm³/mol. The summed E-state index contributed by atoms with van der Waals surface area (Å²) in [5, 5.41) is 0. The second kappa shape index (κ2) is 67.8. The molecule has 0 aromatic rings. The summed E-state index contributed by atoms with van der Waals surface area (Å²) in [6.07, 6.45) is 91.4. The van der Waals surface area contributed by atoms with E-state index in [1.807, 2.05) is 0 Å². The van der Waals surface area contributed by atoms with Crippen LogP contribution in [0.25, 0.3) is 0 Å². The van der Waals surface area contributed by atoms with Crippen LogP contribution in [0, 0.1) is 0 Å². The van der Waals surface area contributed by atoms with Gasteiger partial charge < -0.3 is 14.2 Å². The first-order valence-electron chi connectivity index (χ1n) is 34.2. The molecule has 1 atom stereocenters. The van der Waals surface area contributed by atoms with Gasteiger partial charge in [0.2, 0.25) is 0 Å². The van der Waals surface area contributed by atoms with Gasteiger partial charge >= 0.3 is 17.9 Å². The van der Waals surface area contributed by atoms with Crippen LogP contribution in [0.3, 0.4) is 0 Å². The predicted octanol–water partition coefficient (Wildman–Crippen LogP) is 23.6. The maximum Gasteiger partial charge on any atom is 0.306 e. The zero-order valence-corrected chi connectivity index (χ0v) is 52.8. The smallest absolute Gasteiger partial charge is 0.306 e. The molecule has 0 radical (unpaired) electrons. The Morgan fingerprint density at radius 3 is 0.800 bits per heavy atom. The largest absolute Gasteiger partial charge is 0.462 e. The van der Waals surface area contributed by atoms with Gasteiger partial charge in [-0.25, -0.2) is 0 Å². The van der Waals surface area contributed by atoms with Crippen molar-refractivity contribution in [2.24, 2.45) is 0 Å². The molecular formula is C74H128O6. The molecule has 6 nitrogen and oxygen atoms in total. The lowest BCUT2D eigenvalue weighted by molar-refractivity contribution is -0.167. The third kappa shape index (κ3) is 65.1.